The molecule has 0 saturated heterocycles. The third-order valence-corrected chi connectivity index (χ3v) is 1.40. The van der Waals surface area contributed by atoms with Crippen LogP contribution in [0.4, 0.5) is 5.82 Å². The van der Waals surface area contributed by atoms with Gasteiger partial charge in [-0.15, -0.1) is 0 Å². The Hall–Kier alpha value is -1.58. The lowest BCUT2D eigenvalue weighted by Gasteiger charge is -2.10. The van der Waals surface area contributed by atoms with Gasteiger partial charge in [-0.25, -0.2) is 9.78 Å². The fraction of sp³-hybridized carbons (Fsp3) is 0.333. The number of carbonyl (C=O) groups is 1. The Bertz CT molecular complexity index is 439. The summed E-state index contributed by atoms with van der Waals surface area (Å²) in [5, 5.41) is 0. The second-order valence-corrected chi connectivity index (χ2v) is 2.23. The quantitative estimate of drug-likeness (QED) is 0.644. The molecule has 1 aromatic rings. The highest BCUT2D eigenvalue weighted by Gasteiger charge is 2.05. The summed E-state index contributed by atoms with van der Waals surface area (Å²) in [5.41, 5.74) is 0.0993. The lowest BCUT2D eigenvalue weighted by molar-refractivity contribution is 0.0600. The second-order valence-electron chi connectivity index (χ2n) is 2.23. The van der Waals surface area contributed by atoms with Gasteiger partial charge in [-0.1, -0.05) is 0 Å². The smallest absolute Gasteiger partial charge is 0.339 e. The number of carbonyl (C=O) groups excluding carboxylic acids is 1. The van der Waals surface area contributed by atoms with E-state index in [9.17, 15) is 4.79 Å². The van der Waals surface area contributed by atoms with Gasteiger partial charge in [-0.2, -0.15) is 0 Å². The molecule has 13 heavy (non-hydrogen) atoms. The van der Waals surface area contributed by atoms with Gasteiger partial charge in [0, 0.05) is 28.4 Å². The molecular formula is C9H12N2O2. The van der Waals surface area contributed by atoms with Crippen LogP contribution in [0.2, 0.25) is 0 Å². The van der Waals surface area contributed by atoms with E-state index in [-0.39, 0.29) is 16.3 Å². The molecule has 0 N–H and O–H groups in total. The van der Waals surface area contributed by atoms with Crippen molar-refractivity contribution in [2.45, 2.75) is 0 Å². The molecule has 0 fully saturated rings. The topological polar surface area (TPSA) is 42.4 Å². The molecule has 0 aliphatic heterocycles. The van der Waals surface area contributed by atoms with Crippen LogP contribution in [0.5, 0.6) is 0 Å². The van der Waals surface area contributed by atoms with Crippen LogP contribution < -0.4 is 4.90 Å². The molecule has 1 heterocycles. The molecule has 0 saturated carbocycles. The summed E-state index contributed by atoms with van der Waals surface area (Å²) in [6, 6.07) is 2.39. The zero-order valence-electron chi connectivity index (χ0n) is 12.9. The minimum Gasteiger partial charge on any atom is -0.465 e. The molecule has 0 aliphatic rings. The van der Waals surface area contributed by atoms with E-state index in [1.165, 1.54) is 13.2 Å². The van der Waals surface area contributed by atoms with E-state index in [0.717, 1.165) is 12.3 Å². The average Bonchev–Trinajstić information content (AvgIpc) is 2.25. The molecule has 0 atom stereocenters. The van der Waals surface area contributed by atoms with E-state index < -0.39 is 19.9 Å². The maximum absolute atomic E-state index is 11.2. The van der Waals surface area contributed by atoms with Crippen molar-refractivity contribution >= 4 is 11.8 Å². The van der Waals surface area contributed by atoms with Crippen molar-refractivity contribution < 1.29 is 17.8 Å². The number of hydrogen-bond acceptors (Lipinski definition) is 4. The zero-order chi connectivity index (χ0) is 14.8. The summed E-state index contributed by atoms with van der Waals surface area (Å²) in [6.07, 6.45) is 1.06. The lowest BCUT2D eigenvalue weighted by Crippen LogP contribution is -2.11. The number of rotatable bonds is 2. The SMILES string of the molecule is [2H]C([2H])([2H])N(c1ccc(C(=O)OC)cn1)C([2H])([2H])[2H]. The summed E-state index contributed by atoms with van der Waals surface area (Å²) in [5.74, 6) is -0.916. The van der Waals surface area contributed by atoms with Gasteiger partial charge in [0.05, 0.1) is 12.7 Å². The standard InChI is InChI=1S/C9H12N2O2/c1-11(2)8-5-4-7(6-10-8)9(12)13-3/h4-6H,1-3H3/i1D3,2D3. The second kappa shape index (κ2) is 3.89. The molecule has 0 spiro atoms. The first kappa shape index (κ1) is 4.09. The minimum absolute atomic E-state index is 0.0993. The summed E-state index contributed by atoms with van der Waals surface area (Å²) in [4.78, 5) is 15.1. The van der Waals surface area contributed by atoms with Crippen LogP contribution in [-0.2, 0) is 4.74 Å². The summed E-state index contributed by atoms with van der Waals surface area (Å²) >= 11 is 0. The third-order valence-electron chi connectivity index (χ3n) is 1.40. The Morgan fingerprint density at radius 1 is 1.62 bits per heavy atom. The molecule has 4 nitrogen and oxygen atoms in total. The highest BCUT2D eigenvalue weighted by atomic mass is 16.5. The number of aromatic nitrogens is 1. The van der Waals surface area contributed by atoms with Gasteiger partial charge < -0.3 is 9.64 Å². The lowest BCUT2D eigenvalue weighted by atomic mass is 10.3. The van der Waals surface area contributed by atoms with Gasteiger partial charge in [-0.3, -0.25) is 0 Å². The fourth-order valence-corrected chi connectivity index (χ4v) is 0.757. The molecule has 70 valence electrons. The van der Waals surface area contributed by atoms with Gasteiger partial charge in [0.1, 0.15) is 5.82 Å². The van der Waals surface area contributed by atoms with Crippen LogP contribution in [0.1, 0.15) is 18.6 Å². The summed E-state index contributed by atoms with van der Waals surface area (Å²) in [7, 11) is 1.19. The molecule has 0 bridgehead atoms. The van der Waals surface area contributed by atoms with Crippen LogP contribution in [0.15, 0.2) is 18.3 Å². The number of nitrogens with zero attached hydrogens (tertiary/aromatic N) is 2. The monoisotopic (exact) mass is 186 g/mol. The number of methoxy groups -OCH3 is 1. The van der Waals surface area contributed by atoms with Crippen LogP contribution >= 0.6 is 0 Å². The van der Waals surface area contributed by atoms with E-state index in [0.29, 0.717) is 0 Å². The Morgan fingerprint density at radius 2 is 2.38 bits per heavy atom. The largest absolute Gasteiger partial charge is 0.465 e. The van der Waals surface area contributed by atoms with Gasteiger partial charge in [0.15, 0.2) is 0 Å². The van der Waals surface area contributed by atoms with Gasteiger partial charge in [0.2, 0.25) is 0 Å². The highest BCUT2D eigenvalue weighted by Crippen LogP contribution is 2.08. The minimum atomic E-state index is -2.87. The van der Waals surface area contributed by atoms with E-state index in [1.807, 2.05) is 0 Å². The fourth-order valence-electron chi connectivity index (χ4n) is 0.757. The number of hydrogen-bond donors (Lipinski definition) is 0. The normalized spacial score (nSPS) is 18.2. The summed E-state index contributed by atoms with van der Waals surface area (Å²) < 4.78 is 47.8. The van der Waals surface area contributed by atoms with Crippen molar-refractivity contribution in [1.29, 1.82) is 0 Å². The molecule has 0 aliphatic carbocycles. The average molecular weight is 186 g/mol. The predicted octanol–water partition coefficient (Wildman–Crippen LogP) is 0.934. The van der Waals surface area contributed by atoms with E-state index >= 15 is 0 Å². The Morgan fingerprint density at radius 3 is 2.85 bits per heavy atom. The van der Waals surface area contributed by atoms with E-state index in [4.69, 9.17) is 8.22 Å². The van der Waals surface area contributed by atoms with Gasteiger partial charge in [-0.05, 0) is 12.1 Å². The molecule has 0 aromatic carbocycles. The van der Waals surface area contributed by atoms with Crippen LogP contribution in [0.3, 0.4) is 0 Å². The number of ether oxygens (including phenoxy) is 1. The third kappa shape index (κ3) is 2.18. The van der Waals surface area contributed by atoms with E-state index in [2.05, 4.69) is 9.72 Å². The maximum atomic E-state index is 11.2. The first-order valence-electron chi connectivity index (χ1n) is 6.42. The van der Waals surface area contributed by atoms with E-state index in [1.54, 1.807) is 0 Å². The van der Waals surface area contributed by atoms with Gasteiger partial charge >= 0.3 is 5.97 Å². The van der Waals surface area contributed by atoms with Crippen LogP contribution in [-0.4, -0.2) is 32.0 Å². The van der Waals surface area contributed by atoms with Crippen molar-refractivity contribution in [2.24, 2.45) is 0 Å². The molecule has 4 heteroatoms. The molecule has 0 radical (unpaired) electrons. The maximum Gasteiger partial charge on any atom is 0.339 e. The number of pyridine rings is 1. The number of anilines is 1. The molecule has 0 unspecified atom stereocenters. The van der Waals surface area contributed by atoms with Crippen molar-refractivity contribution in [2.75, 3.05) is 26.0 Å². The predicted molar refractivity (Wildman–Crippen MR) is 49.9 cm³/mol. The van der Waals surface area contributed by atoms with Crippen LogP contribution in [0, 0.1) is 0 Å². The first-order chi connectivity index (χ1) is 8.57. The first-order valence-corrected chi connectivity index (χ1v) is 3.42. The van der Waals surface area contributed by atoms with Crippen molar-refractivity contribution in [3.8, 4) is 0 Å². The van der Waals surface area contributed by atoms with Crippen LogP contribution in [0.25, 0.3) is 0 Å². The Balaban J connectivity index is 3.16. The molecule has 0 amide bonds. The highest BCUT2D eigenvalue weighted by molar-refractivity contribution is 5.89. The van der Waals surface area contributed by atoms with Crippen molar-refractivity contribution in [1.82, 2.24) is 4.98 Å². The number of esters is 1. The Labute approximate surface area is 85.6 Å². The molecule has 1 aromatic heterocycles. The summed E-state index contributed by atoms with van der Waals surface area (Å²) in [6.45, 7) is -5.74. The Kier molecular flexibility index (Phi) is 1.22. The molecular weight excluding hydrogens is 168 g/mol. The zero-order valence-corrected chi connectivity index (χ0v) is 6.94. The molecule has 1 rings (SSSR count). The van der Waals surface area contributed by atoms with Crippen molar-refractivity contribution in [3.05, 3.63) is 23.9 Å². The van der Waals surface area contributed by atoms with Gasteiger partial charge in [0.25, 0.3) is 0 Å². The van der Waals surface area contributed by atoms with Crippen molar-refractivity contribution in [3.63, 3.8) is 0 Å².